The van der Waals surface area contributed by atoms with Gasteiger partial charge in [0.1, 0.15) is 12.4 Å². The summed E-state index contributed by atoms with van der Waals surface area (Å²) in [6, 6.07) is 11.2. The van der Waals surface area contributed by atoms with Crippen LogP contribution in [0.5, 0.6) is 0 Å². The maximum absolute atomic E-state index is 12.8. The third-order valence-electron chi connectivity index (χ3n) is 4.74. The zero-order chi connectivity index (χ0) is 23.5. The molecule has 0 amide bonds. The number of nitrogens with zero attached hydrogens (tertiary/aromatic N) is 2. The molecular weight excluding hydrogens is 454 g/mol. The van der Waals surface area contributed by atoms with Gasteiger partial charge in [-0.1, -0.05) is 35.4 Å². The summed E-state index contributed by atoms with van der Waals surface area (Å²) >= 11 is 0. The van der Waals surface area contributed by atoms with Gasteiger partial charge in [-0.3, -0.25) is 4.79 Å². The number of ether oxygens (including phenoxy) is 1. The van der Waals surface area contributed by atoms with E-state index < -0.39 is 32.1 Å². The summed E-state index contributed by atoms with van der Waals surface area (Å²) in [4.78, 5) is 16.3. The smallest absolute Gasteiger partial charge is 0.324 e. The van der Waals surface area contributed by atoms with Crippen LogP contribution >= 0.6 is 0 Å². The number of hydrogen-bond donors (Lipinski definition) is 1. The summed E-state index contributed by atoms with van der Waals surface area (Å²) in [5.74, 6) is -0.823. The minimum Gasteiger partial charge on any atom is -0.468 e. The lowest BCUT2D eigenvalue weighted by molar-refractivity contribution is -0.142. The van der Waals surface area contributed by atoms with Gasteiger partial charge in [0.2, 0.25) is 10.0 Å². The lowest BCUT2D eigenvalue weighted by atomic mass is 10.2. The maximum Gasteiger partial charge on any atom is 0.324 e. The molecule has 0 aliphatic carbocycles. The van der Waals surface area contributed by atoms with Crippen molar-refractivity contribution in [3.63, 3.8) is 0 Å². The fraction of sp³-hybridized carbons (Fsp3) is 0.238. The van der Waals surface area contributed by atoms with Crippen LogP contribution in [0.15, 0.2) is 70.8 Å². The standard InChI is InChI=1S/C21H23N3O6S2/c1-15-4-8-18(9-5-15)31(26,27)23-20(21(25)30-3)12-17-13-24(14-22-17)32(28,29)19-10-6-16(2)7-11-19/h4-11,13-14,20,23H,12H2,1-3H3. The molecule has 32 heavy (non-hydrogen) atoms. The second-order valence-corrected chi connectivity index (χ2v) is 10.8. The van der Waals surface area contributed by atoms with Gasteiger partial charge < -0.3 is 4.74 Å². The Bertz CT molecular complexity index is 1310. The van der Waals surface area contributed by atoms with Crippen LogP contribution in [0.1, 0.15) is 16.8 Å². The highest BCUT2D eigenvalue weighted by Crippen LogP contribution is 2.16. The van der Waals surface area contributed by atoms with Crippen molar-refractivity contribution in [2.45, 2.75) is 36.1 Å². The molecule has 0 spiro atoms. The summed E-state index contributed by atoms with van der Waals surface area (Å²) in [7, 11) is -6.77. The van der Waals surface area contributed by atoms with Gasteiger partial charge in [0.05, 0.1) is 22.6 Å². The number of aromatic nitrogens is 2. The first-order valence-corrected chi connectivity index (χ1v) is 12.5. The molecule has 0 bridgehead atoms. The molecule has 0 saturated carbocycles. The second-order valence-electron chi connectivity index (χ2n) is 7.23. The minimum absolute atomic E-state index is 0.00974. The van der Waals surface area contributed by atoms with Gasteiger partial charge >= 0.3 is 5.97 Å². The molecule has 1 unspecified atom stereocenters. The predicted octanol–water partition coefficient (Wildman–Crippen LogP) is 1.80. The third-order valence-corrected chi connectivity index (χ3v) is 7.85. The van der Waals surface area contributed by atoms with Gasteiger partial charge in [-0.2, -0.15) is 4.72 Å². The first kappa shape index (κ1) is 23.6. The Morgan fingerprint density at radius 1 is 0.969 bits per heavy atom. The Balaban J connectivity index is 1.84. The molecule has 1 heterocycles. The summed E-state index contributed by atoms with van der Waals surface area (Å²) in [5.41, 5.74) is 1.99. The lowest BCUT2D eigenvalue weighted by Crippen LogP contribution is -2.43. The van der Waals surface area contributed by atoms with Crippen LogP contribution < -0.4 is 4.72 Å². The summed E-state index contributed by atoms with van der Waals surface area (Å²) in [6.45, 7) is 3.67. The number of nitrogens with one attached hydrogen (secondary N) is 1. The van der Waals surface area contributed by atoms with Gasteiger partial charge in [-0.15, -0.1) is 0 Å². The largest absolute Gasteiger partial charge is 0.468 e. The first-order valence-electron chi connectivity index (χ1n) is 9.55. The zero-order valence-corrected chi connectivity index (χ0v) is 19.4. The van der Waals surface area contributed by atoms with Crippen molar-refractivity contribution in [3.05, 3.63) is 77.9 Å². The highest BCUT2D eigenvalue weighted by Gasteiger charge is 2.28. The molecule has 1 N–H and O–H groups in total. The van der Waals surface area contributed by atoms with Gasteiger partial charge in [0.25, 0.3) is 10.0 Å². The number of sulfonamides is 1. The molecule has 11 heteroatoms. The first-order chi connectivity index (χ1) is 15.0. The number of benzene rings is 2. The monoisotopic (exact) mass is 477 g/mol. The van der Waals surface area contributed by atoms with E-state index in [0.29, 0.717) is 0 Å². The van der Waals surface area contributed by atoms with E-state index in [1.807, 2.05) is 13.8 Å². The summed E-state index contributed by atoms with van der Waals surface area (Å²) < 4.78 is 59.0. The molecule has 0 aliphatic heterocycles. The van der Waals surface area contributed by atoms with Crippen LogP contribution in [0.3, 0.4) is 0 Å². The molecule has 2 aromatic carbocycles. The van der Waals surface area contributed by atoms with Crippen molar-refractivity contribution >= 4 is 26.0 Å². The highest BCUT2D eigenvalue weighted by atomic mass is 32.2. The van der Waals surface area contributed by atoms with Crippen molar-refractivity contribution in [2.75, 3.05) is 7.11 Å². The quantitative estimate of drug-likeness (QED) is 0.491. The molecule has 0 aliphatic rings. The molecule has 1 aromatic heterocycles. The number of rotatable bonds is 8. The normalized spacial score (nSPS) is 13.0. The van der Waals surface area contributed by atoms with Gasteiger partial charge in [0, 0.05) is 12.6 Å². The fourth-order valence-electron chi connectivity index (χ4n) is 2.91. The van der Waals surface area contributed by atoms with Crippen LogP contribution in [0.2, 0.25) is 0 Å². The summed E-state index contributed by atoms with van der Waals surface area (Å²) in [6.07, 6.45) is 2.15. The van der Waals surface area contributed by atoms with E-state index in [9.17, 15) is 21.6 Å². The van der Waals surface area contributed by atoms with Crippen molar-refractivity contribution < 1.29 is 26.4 Å². The van der Waals surface area contributed by atoms with E-state index in [1.165, 1.54) is 30.5 Å². The second kappa shape index (κ2) is 9.23. The van der Waals surface area contributed by atoms with Crippen LogP contribution in [-0.2, 0) is 36.0 Å². The molecule has 1 atom stereocenters. The average molecular weight is 478 g/mol. The molecule has 170 valence electrons. The SMILES string of the molecule is COC(=O)C(Cc1cn(S(=O)(=O)c2ccc(C)cc2)cn1)NS(=O)(=O)c1ccc(C)cc1. The van der Waals surface area contributed by atoms with Crippen molar-refractivity contribution in [2.24, 2.45) is 0 Å². The van der Waals surface area contributed by atoms with E-state index in [1.54, 1.807) is 24.3 Å². The number of carbonyl (C=O) groups excluding carboxylic acids is 1. The fourth-order valence-corrected chi connectivity index (χ4v) is 5.25. The third kappa shape index (κ3) is 5.23. The summed E-state index contributed by atoms with van der Waals surface area (Å²) in [5, 5.41) is 0. The Hall–Kier alpha value is -3.02. The minimum atomic E-state index is -4.02. The number of carbonyl (C=O) groups is 1. The van der Waals surface area contributed by atoms with Gasteiger partial charge in [-0.25, -0.2) is 25.8 Å². The van der Waals surface area contributed by atoms with E-state index >= 15 is 0 Å². The lowest BCUT2D eigenvalue weighted by Gasteiger charge is -2.16. The van der Waals surface area contributed by atoms with Crippen molar-refractivity contribution in [1.82, 2.24) is 13.7 Å². The maximum atomic E-state index is 12.8. The molecule has 9 nitrogen and oxygen atoms in total. The average Bonchev–Trinajstić information content (AvgIpc) is 3.22. The van der Waals surface area contributed by atoms with Gasteiger partial charge in [0.15, 0.2) is 0 Å². The Morgan fingerprint density at radius 3 is 2.03 bits per heavy atom. The molecule has 3 rings (SSSR count). The van der Waals surface area contributed by atoms with Crippen LogP contribution in [0.25, 0.3) is 0 Å². The van der Waals surface area contributed by atoms with E-state index in [4.69, 9.17) is 4.74 Å². The predicted molar refractivity (Wildman–Crippen MR) is 117 cm³/mol. The molecule has 0 saturated heterocycles. The zero-order valence-electron chi connectivity index (χ0n) is 17.7. The van der Waals surface area contributed by atoms with Crippen LogP contribution in [0.4, 0.5) is 0 Å². The molecule has 0 fully saturated rings. The highest BCUT2D eigenvalue weighted by molar-refractivity contribution is 7.90. The Kier molecular flexibility index (Phi) is 6.82. The number of aryl methyl sites for hydroxylation is 2. The van der Waals surface area contributed by atoms with E-state index in [0.717, 1.165) is 28.5 Å². The Labute approximate surface area is 187 Å². The van der Waals surface area contributed by atoms with E-state index in [-0.39, 0.29) is 21.9 Å². The number of hydrogen-bond acceptors (Lipinski definition) is 7. The van der Waals surface area contributed by atoms with E-state index in [2.05, 4.69) is 9.71 Å². The van der Waals surface area contributed by atoms with Crippen LogP contribution in [0, 0.1) is 13.8 Å². The van der Waals surface area contributed by atoms with Gasteiger partial charge in [-0.05, 0) is 38.1 Å². The molecule has 0 radical (unpaired) electrons. The number of esters is 1. The number of methoxy groups -OCH3 is 1. The van der Waals surface area contributed by atoms with Crippen molar-refractivity contribution in [1.29, 1.82) is 0 Å². The Morgan fingerprint density at radius 2 is 1.50 bits per heavy atom. The molecule has 3 aromatic rings. The van der Waals surface area contributed by atoms with Crippen molar-refractivity contribution in [3.8, 4) is 0 Å². The van der Waals surface area contributed by atoms with Crippen LogP contribution in [-0.4, -0.2) is 44.9 Å². The molecular formula is C21H23N3O6S2. The topological polar surface area (TPSA) is 124 Å². The number of imidazole rings is 1.